The molecule has 116 valence electrons. The number of hydrogen-bond donors (Lipinski definition) is 1. The molecular weight excluding hydrogens is 270 g/mol. The minimum Gasteiger partial charge on any atom is -0.494 e. The number of carbonyl (C=O) groups excluding carboxylic acids is 1. The Morgan fingerprint density at radius 2 is 1.90 bits per heavy atom. The number of benzene rings is 1. The fourth-order valence-corrected chi connectivity index (χ4v) is 1.95. The van der Waals surface area contributed by atoms with E-state index < -0.39 is 11.9 Å². The minimum atomic E-state index is -0.888. The number of hydrogen-bond acceptors (Lipinski definition) is 3. The first-order valence-electron chi connectivity index (χ1n) is 7.12. The average Bonchev–Trinajstić information content (AvgIpc) is 2.46. The van der Waals surface area contributed by atoms with Crippen LogP contribution in [0.2, 0.25) is 0 Å². The maximum atomic E-state index is 12.0. The van der Waals surface area contributed by atoms with Crippen molar-refractivity contribution in [1.29, 1.82) is 0 Å². The molecule has 21 heavy (non-hydrogen) atoms. The zero-order valence-corrected chi connectivity index (χ0v) is 12.8. The topological polar surface area (TPSA) is 66.8 Å². The van der Waals surface area contributed by atoms with Gasteiger partial charge in [0.05, 0.1) is 12.5 Å². The van der Waals surface area contributed by atoms with Crippen LogP contribution in [0.5, 0.6) is 5.75 Å². The van der Waals surface area contributed by atoms with Gasteiger partial charge < -0.3 is 14.7 Å². The molecule has 1 rings (SSSR count). The zero-order valence-electron chi connectivity index (χ0n) is 12.8. The highest BCUT2D eigenvalue weighted by Gasteiger charge is 2.17. The van der Waals surface area contributed by atoms with Crippen LogP contribution in [-0.4, -0.2) is 42.1 Å². The quantitative estimate of drug-likeness (QED) is 0.798. The highest BCUT2D eigenvalue weighted by molar-refractivity contribution is 5.77. The van der Waals surface area contributed by atoms with Crippen LogP contribution >= 0.6 is 0 Å². The number of carboxylic acids is 1. The molecule has 0 aromatic heterocycles. The first-order chi connectivity index (χ1) is 9.93. The summed E-state index contributed by atoms with van der Waals surface area (Å²) in [6.07, 6.45) is 1.01. The maximum absolute atomic E-state index is 12.0. The second-order valence-electron chi connectivity index (χ2n) is 5.09. The number of aryl methyl sites for hydroxylation is 1. The van der Waals surface area contributed by atoms with Gasteiger partial charge in [-0.05, 0) is 31.0 Å². The Kier molecular flexibility index (Phi) is 6.72. The van der Waals surface area contributed by atoms with E-state index in [9.17, 15) is 9.59 Å². The molecule has 5 nitrogen and oxygen atoms in total. The van der Waals surface area contributed by atoms with Gasteiger partial charge in [0.15, 0.2) is 0 Å². The molecule has 1 unspecified atom stereocenters. The second kappa shape index (κ2) is 8.29. The van der Waals surface area contributed by atoms with E-state index in [1.54, 1.807) is 14.0 Å². The van der Waals surface area contributed by atoms with Gasteiger partial charge in [0.25, 0.3) is 0 Å². The van der Waals surface area contributed by atoms with Crippen molar-refractivity contribution in [2.75, 3.05) is 20.2 Å². The minimum absolute atomic E-state index is 0.0445. The van der Waals surface area contributed by atoms with Gasteiger partial charge in [0.1, 0.15) is 5.75 Å². The van der Waals surface area contributed by atoms with E-state index in [-0.39, 0.29) is 12.5 Å². The summed E-state index contributed by atoms with van der Waals surface area (Å²) in [7, 11) is 1.64. The van der Waals surface area contributed by atoms with Crippen molar-refractivity contribution in [3.63, 3.8) is 0 Å². The van der Waals surface area contributed by atoms with Crippen molar-refractivity contribution in [2.24, 2.45) is 5.92 Å². The van der Waals surface area contributed by atoms with E-state index >= 15 is 0 Å². The van der Waals surface area contributed by atoms with E-state index in [1.807, 2.05) is 31.2 Å². The maximum Gasteiger partial charge on any atom is 0.308 e. The Labute approximate surface area is 125 Å². The monoisotopic (exact) mass is 293 g/mol. The number of amides is 1. The fourth-order valence-electron chi connectivity index (χ4n) is 1.95. The molecule has 1 N–H and O–H groups in total. The van der Waals surface area contributed by atoms with E-state index in [0.717, 1.165) is 11.3 Å². The van der Waals surface area contributed by atoms with Crippen LogP contribution in [0.15, 0.2) is 24.3 Å². The number of aliphatic carboxylic acids is 1. The number of ether oxygens (including phenoxy) is 1. The largest absolute Gasteiger partial charge is 0.494 e. The van der Waals surface area contributed by atoms with Crippen molar-refractivity contribution in [3.05, 3.63) is 29.8 Å². The lowest BCUT2D eigenvalue weighted by Gasteiger charge is -2.19. The summed E-state index contributed by atoms with van der Waals surface area (Å²) in [5.41, 5.74) is 1.06. The van der Waals surface area contributed by atoms with Crippen molar-refractivity contribution >= 4 is 11.9 Å². The van der Waals surface area contributed by atoms with Gasteiger partial charge in [-0.15, -0.1) is 0 Å². The summed E-state index contributed by atoms with van der Waals surface area (Å²) in [5, 5.41) is 8.84. The summed E-state index contributed by atoms with van der Waals surface area (Å²) in [5.74, 6) is -0.664. The molecule has 1 aromatic rings. The summed E-state index contributed by atoms with van der Waals surface area (Å²) in [6.45, 7) is 4.39. The molecule has 0 radical (unpaired) electrons. The van der Waals surface area contributed by atoms with Crippen LogP contribution in [0, 0.1) is 5.92 Å². The third-order valence-electron chi connectivity index (χ3n) is 3.26. The van der Waals surface area contributed by atoms with Crippen LogP contribution in [0.1, 0.15) is 25.8 Å². The Hall–Kier alpha value is -2.04. The number of nitrogens with zero attached hydrogens (tertiary/aromatic N) is 1. The molecule has 0 spiro atoms. The standard InChI is InChI=1S/C16H23NO4/c1-4-21-14-8-5-13(6-9-14)7-10-15(18)17(3)11-12(2)16(19)20/h5-6,8-9,12H,4,7,10-11H2,1-3H3,(H,19,20). The SMILES string of the molecule is CCOc1ccc(CCC(=O)N(C)CC(C)C(=O)O)cc1. The average molecular weight is 293 g/mol. The predicted octanol–water partition coefficient (Wildman–Crippen LogP) is 2.20. The fraction of sp³-hybridized carbons (Fsp3) is 0.500. The van der Waals surface area contributed by atoms with Crippen LogP contribution in [0.25, 0.3) is 0 Å². The molecule has 0 heterocycles. The molecule has 0 saturated carbocycles. The van der Waals surface area contributed by atoms with Crippen LogP contribution in [-0.2, 0) is 16.0 Å². The molecule has 0 bridgehead atoms. The molecule has 5 heteroatoms. The molecule has 0 aliphatic heterocycles. The first-order valence-corrected chi connectivity index (χ1v) is 7.12. The Morgan fingerprint density at radius 3 is 2.43 bits per heavy atom. The predicted molar refractivity (Wildman–Crippen MR) is 80.4 cm³/mol. The summed E-state index contributed by atoms with van der Waals surface area (Å²) < 4.78 is 5.36. The second-order valence-corrected chi connectivity index (χ2v) is 5.09. The Bertz CT molecular complexity index is 470. The number of carbonyl (C=O) groups is 2. The lowest BCUT2D eigenvalue weighted by atomic mass is 10.1. The van der Waals surface area contributed by atoms with Crippen LogP contribution in [0.4, 0.5) is 0 Å². The molecule has 1 amide bonds. The van der Waals surface area contributed by atoms with Gasteiger partial charge in [-0.25, -0.2) is 0 Å². The van der Waals surface area contributed by atoms with Gasteiger partial charge in [-0.3, -0.25) is 9.59 Å². The summed E-state index contributed by atoms with van der Waals surface area (Å²) in [4.78, 5) is 24.2. The Balaban J connectivity index is 2.43. The molecule has 1 atom stereocenters. The summed E-state index contributed by atoms with van der Waals surface area (Å²) in [6, 6.07) is 7.66. The van der Waals surface area contributed by atoms with Gasteiger partial charge >= 0.3 is 5.97 Å². The lowest BCUT2D eigenvalue weighted by molar-refractivity contribution is -0.142. The normalized spacial score (nSPS) is 11.8. The van der Waals surface area contributed by atoms with Gasteiger partial charge in [0, 0.05) is 20.0 Å². The van der Waals surface area contributed by atoms with Crippen LogP contribution in [0.3, 0.4) is 0 Å². The zero-order chi connectivity index (χ0) is 15.8. The molecule has 0 saturated heterocycles. The van der Waals surface area contributed by atoms with Crippen molar-refractivity contribution in [1.82, 2.24) is 4.90 Å². The third kappa shape index (κ3) is 5.85. The van der Waals surface area contributed by atoms with E-state index in [0.29, 0.717) is 19.4 Å². The first kappa shape index (κ1) is 17.0. The third-order valence-corrected chi connectivity index (χ3v) is 3.26. The van der Waals surface area contributed by atoms with Gasteiger partial charge in [-0.2, -0.15) is 0 Å². The Morgan fingerprint density at radius 1 is 1.29 bits per heavy atom. The number of carboxylic acid groups (broad SMARTS) is 1. The smallest absolute Gasteiger partial charge is 0.308 e. The van der Waals surface area contributed by atoms with Crippen molar-refractivity contribution in [2.45, 2.75) is 26.7 Å². The van der Waals surface area contributed by atoms with E-state index in [4.69, 9.17) is 9.84 Å². The van der Waals surface area contributed by atoms with E-state index in [1.165, 1.54) is 4.90 Å². The van der Waals surface area contributed by atoms with E-state index in [2.05, 4.69) is 0 Å². The molecule has 0 fully saturated rings. The lowest BCUT2D eigenvalue weighted by Crippen LogP contribution is -2.33. The van der Waals surface area contributed by atoms with Crippen LogP contribution < -0.4 is 4.74 Å². The molecule has 0 aliphatic carbocycles. The highest BCUT2D eigenvalue weighted by atomic mass is 16.5. The molecule has 1 aromatic carbocycles. The van der Waals surface area contributed by atoms with Crippen molar-refractivity contribution < 1.29 is 19.4 Å². The molecule has 0 aliphatic rings. The summed E-state index contributed by atoms with van der Waals surface area (Å²) >= 11 is 0. The molecular formula is C16H23NO4. The number of rotatable bonds is 8. The van der Waals surface area contributed by atoms with Gasteiger partial charge in [-0.1, -0.05) is 19.1 Å². The highest BCUT2D eigenvalue weighted by Crippen LogP contribution is 2.13. The van der Waals surface area contributed by atoms with Crippen molar-refractivity contribution in [3.8, 4) is 5.75 Å². The van der Waals surface area contributed by atoms with Gasteiger partial charge in [0.2, 0.25) is 5.91 Å².